The van der Waals surface area contributed by atoms with E-state index in [0.29, 0.717) is 36.6 Å². The van der Waals surface area contributed by atoms with E-state index in [1.165, 1.54) is 0 Å². The lowest BCUT2D eigenvalue weighted by Gasteiger charge is -2.05. The summed E-state index contributed by atoms with van der Waals surface area (Å²) in [5.74, 6) is -0.00627. The summed E-state index contributed by atoms with van der Waals surface area (Å²) in [4.78, 5) is 21.9. The molecule has 0 aromatic carbocycles. The predicted octanol–water partition coefficient (Wildman–Crippen LogP) is 0.789. The van der Waals surface area contributed by atoms with Gasteiger partial charge in [-0.15, -0.1) is 0 Å². The Morgan fingerprint density at radius 2 is 1.21 bits per heavy atom. The van der Waals surface area contributed by atoms with Crippen LogP contribution in [0.25, 0.3) is 0 Å². The van der Waals surface area contributed by atoms with Crippen molar-refractivity contribution in [1.29, 1.82) is 0 Å². The lowest BCUT2D eigenvalue weighted by atomic mass is 10.4. The average Bonchev–Trinajstić information content (AvgIpc) is 2.13. The minimum Gasteiger partial charge on any atom is -0.354 e. The summed E-state index contributed by atoms with van der Waals surface area (Å²) in [6.45, 7) is 0.972. The predicted molar refractivity (Wildman–Crippen MR) is 62.8 cm³/mol. The summed E-state index contributed by atoms with van der Waals surface area (Å²) >= 11 is 6.33. The standard InChI is InChI=1S/C8H14Br2N2O2/c9-3-1-7(13)11-5-6-12-8(14)2-4-10/h1-6H2,(H,11,13)(H,12,14). The molecule has 0 heterocycles. The highest BCUT2D eigenvalue weighted by Crippen LogP contribution is 1.87. The van der Waals surface area contributed by atoms with Crippen LogP contribution in [0.2, 0.25) is 0 Å². The topological polar surface area (TPSA) is 58.2 Å². The Hall–Kier alpha value is -0.100. The molecule has 0 spiro atoms. The van der Waals surface area contributed by atoms with Crippen molar-refractivity contribution in [2.45, 2.75) is 12.8 Å². The highest BCUT2D eigenvalue weighted by molar-refractivity contribution is 9.09. The molecule has 0 aromatic rings. The molecule has 2 N–H and O–H groups in total. The largest absolute Gasteiger partial charge is 0.354 e. The molecule has 0 aromatic heterocycles. The number of hydrogen-bond donors (Lipinski definition) is 2. The molecular formula is C8H14Br2N2O2. The van der Waals surface area contributed by atoms with Crippen molar-refractivity contribution < 1.29 is 9.59 Å². The van der Waals surface area contributed by atoms with Gasteiger partial charge in [0.05, 0.1) is 0 Å². The van der Waals surface area contributed by atoms with E-state index in [-0.39, 0.29) is 11.8 Å². The Labute approximate surface area is 100 Å². The second-order valence-corrected chi connectivity index (χ2v) is 4.16. The Morgan fingerprint density at radius 1 is 0.857 bits per heavy atom. The molecule has 82 valence electrons. The Balaban J connectivity index is 3.28. The normalized spacial score (nSPS) is 9.57. The molecule has 0 rings (SSSR count). The van der Waals surface area contributed by atoms with Crippen molar-refractivity contribution in [2.24, 2.45) is 0 Å². The lowest BCUT2D eigenvalue weighted by molar-refractivity contribution is -0.122. The monoisotopic (exact) mass is 328 g/mol. The van der Waals surface area contributed by atoms with Gasteiger partial charge >= 0.3 is 0 Å². The Morgan fingerprint density at radius 3 is 1.50 bits per heavy atom. The summed E-state index contributed by atoms with van der Waals surface area (Å²) < 4.78 is 0. The van der Waals surface area contributed by atoms with E-state index in [2.05, 4.69) is 42.5 Å². The first kappa shape index (κ1) is 13.9. The fourth-order valence-electron chi connectivity index (χ4n) is 0.752. The Bertz CT molecular complexity index is 168. The summed E-state index contributed by atoms with van der Waals surface area (Å²) in [6, 6.07) is 0. The molecule has 2 amide bonds. The van der Waals surface area contributed by atoms with Gasteiger partial charge in [-0.1, -0.05) is 31.9 Å². The van der Waals surface area contributed by atoms with Gasteiger partial charge in [-0.25, -0.2) is 0 Å². The van der Waals surface area contributed by atoms with Crippen LogP contribution in [0.15, 0.2) is 0 Å². The summed E-state index contributed by atoms with van der Waals surface area (Å²) in [5.41, 5.74) is 0. The van der Waals surface area contributed by atoms with Crippen LogP contribution in [0.3, 0.4) is 0 Å². The van der Waals surface area contributed by atoms with Crippen LogP contribution in [0.1, 0.15) is 12.8 Å². The highest BCUT2D eigenvalue weighted by atomic mass is 79.9. The van der Waals surface area contributed by atoms with Crippen LogP contribution in [-0.2, 0) is 9.59 Å². The van der Waals surface area contributed by atoms with Crippen molar-refractivity contribution >= 4 is 43.7 Å². The van der Waals surface area contributed by atoms with Crippen molar-refractivity contribution in [2.75, 3.05) is 23.7 Å². The molecule has 4 nitrogen and oxygen atoms in total. The first-order chi connectivity index (χ1) is 6.70. The van der Waals surface area contributed by atoms with Gasteiger partial charge in [-0.2, -0.15) is 0 Å². The molecule has 0 bridgehead atoms. The molecule has 0 fully saturated rings. The molecule has 0 aliphatic rings. The van der Waals surface area contributed by atoms with Gasteiger partial charge in [0.25, 0.3) is 0 Å². The number of rotatable bonds is 7. The minimum atomic E-state index is -0.00313. The SMILES string of the molecule is O=C(CCBr)NCCNC(=O)CCBr. The highest BCUT2D eigenvalue weighted by Gasteiger charge is 2.00. The summed E-state index contributed by atoms with van der Waals surface area (Å²) in [5, 5.41) is 6.69. The second-order valence-electron chi connectivity index (χ2n) is 2.58. The Kier molecular flexibility index (Phi) is 9.39. The quantitative estimate of drug-likeness (QED) is 0.536. The van der Waals surface area contributed by atoms with E-state index >= 15 is 0 Å². The van der Waals surface area contributed by atoms with Gasteiger partial charge in [0.2, 0.25) is 11.8 Å². The zero-order valence-electron chi connectivity index (χ0n) is 7.82. The smallest absolute Gasteiger partial charge is 0.220 e. The van der Waals surface area contributed by atoms with Gasteiger partial charge in [-0.05, 0) is 0 Å². The zero-order valence-corrected chi connectivity index (χ0v) is 11.0. The number of amides is 2. The lowest BCUT2D eigenvalue weighted by Crippen LogP contribution is -2.34. The van der Waals surface area contributed by atoms with Crippen LogP contribution < -0.4 is 10.6 Å². The number of hydrogen-bond acceptors (Lipinski definition) is 2. The maximum absolute atomic E-state index is 11.0. The third-order valence-electron chi connectivity index (χ3n) is 1.41. The van der Waals surface area contributed by atoms with Crippen molar-refractivity contribution in [3.05, 3.63) is 0 Å². The molecule has 0 saturated heterocycles. The van der Waals surface area contributed by atoms with E-state index in [9.17, 15) is 9.59 Å². The second kappa shape index (κ2) is 9.45. The van der Waals surface area contributed by atoms with E-state index in [1.807, 2.05) is 0 Å². The van der Waals surface area contributed by atoms with Crippen LogP contribution >= 0.6 is 31.9 Å². The molecule has 0 saturated carbocycles. The number of carbonyl (C=O) groups excluding carboxylic acids is 2. The van der Waals surface area contributed by atoms with Crippen LogP contribution in [0.4, 0.5) is 0 Å². The zero-order chi connectivity index (χ0) is 10.8. The van der Waals surface area contributed by atoms with Crippen molar-refractivity contribution in [3.8, 4) is 0 Å². The maximum Gasteiger partial charge on any atom is 0.220 e. The third kappa shape index (κ3) is 8.50. The van der Waals surface area contributed by atoms with Crippen LogP contribution in [0, 0.1) is 0 Å². The number of halogens is 2. The fraction of sp³-hybridized carbons (Fsp3) is 0.750. The first-order valence-electron chi connectivity index (χ1n) is 4.36. The average molecular weight is 330 g/mol. The van der Waals surface area contributed by atoms with Crippen molar-refractivity contribution in [3.63, 3.8) is 0 Å². The van der Waals surface area contributed by atoms with Crippen LogP contribution in [0.5, 0.6) is 0 Å². The third-order valence-corrected chi connectivity index (χ3v) is 2.21. The van der Waals surface area contributed by atoms with E-state index in [1.54, 1.807) is 0 Å². The number of nitrogens with one attached hydrogen (secondary N) is 2. The maximum atomic E-state index is 11.0. The van der Waals surface area contributed by atoms with Crippen LogP contribution in [-0.4, -0.2) is 35.6 Å². The fourth-order valence-corrected chi connectivity index (χ4v) is 1.47. The first-order valence-corrected chi connectivity index (χ1v) is 6.60. The van der Waals surface area contributed by atoms with E-state index in [4.69, 9.17) is 0 Å². The molecule has 0 aliphatic carbocycles. The summed E-state index contributed by atoms with van der Waals surface area (Å²) in [7, 11) is 0. The van der Waals surface area contributed by atoms with Gasteiger partial charge < -0.3 is 10.6 Å². The van der Waals surface area contributed by atoms with Crippen molar-refractivity contribution in [1.82, 2.24) is 10.6 Å². The van der Waals surface area contributed by atoms with Gasteiger partial charge in [0.15, 0.2) is 0 Å². The van der Waals surface area contributed by atoms with E-state index in [0.717, 1.165) is 0 Å². The molecule has 14 heavy (non-hydrogen) atoms. The minimum absolute atomic E-state index is 0.00313. The molecule has 0 aliphatic heterocycles. The molecule has 0 radical (unpaired) electrons. The molecule has 6 heteroatoms. The molecule has 0 unspecified atom stereocenters. The van der Waals surface area contributed by atoms with E-state index < -0.39 is 0 Å². The van der Waals surface area contributed by atoms with Gasteiger partial charge in [-0.3, -0.25) is 9.59 Å². The molecular weight excluding hydrogens is 316 g/mol. The molecule has 0 atom stereocenters. The van der Waals surface area contributed by atoms with Gasteiger partial charge in [0.1, 0.15) is 0 Å². The number of carbonyl (C=O) groups is 2. The number of alkyl halides is 2. The van der Waals surface area contributed by atoms with Gasteiger partial charge in [0, 0.05) is 36.6 Å². The summed E-state index contributed by atoms with van der Waals surface area (Å²) in [6.07, 6.45) is 0.935.